The summed E-state index contributed by atoms with van der Waals surface area (Å²) < 4.78 is 10.6. The molecule has 2 aromatic rings. The molecule has 0 saturated carbocycles. The molecule has 0 radical (unpaired) electrons. The molecular formula is C13H17N3O2. The predicted octanol–water partition coefficient (Wildman–Crippen LogP) is 2.12. The zero-order valence-electron chi connectivity index (χ0n) is 10.8. The first-order valence-corrected chi connectivity index (χ1v) is 5.84. The number of hydrogen-bond acceptors (Lipinski definition) is 5. The Hall–Kier alpha value is -1.88. The molecule has 5 nitrogen and oxygen atoms in total. The van der Waals surface area contributed by atoms with Gasteiger partial charge in [0.25, 0.3) is 5.89 Å². The minimum absolute atomic E-state index is 0.0818. The van der Waals surface area contributed by atoms with Crippen molar-refractivity contribution in [1.82, 2.24) is 10.1 Å². The second-order valence-corrected chi connectivity index (χ2v) is 4.30. The SMILES string of the molecule is COc1ccc(C)cc1-c1nc(C(C)CN)no1. The molecule has 0 saturated heterocycles. The summed E-state index contributed by atoms with van der Waals surface area (Å²) in [7, 11) is 1.62. The normalized spacial score (nSPS) is 12.4. The third-order valence-corrected chi connectivity index (χ3v) is 2.82. The van der Waals surface area contributed by atoms with Crippen LogP contribution in [0.5, 0.6) is 5.75 Å². The van der Waals surface area contributed by atoms with E-state index in [0.717, 1.165) is 16.9 Å². The molecule has 2 rings (SSSR count). The molecule has 18 heavy (non-hydrogen) atoms. The molecule has 1 heterocycles. The number of nitrogens with zero attached hydrogens (tertiary/aromatic N) is 2. The monoisotopic (exact) mass is 247 g/mol. The van der Waals surface area contributed by atoms with Crippen molar-refractivity contribution in [1.29, 1.82) is 0 Å². The van der Waals surface area contributed by atoms with Crippen molar-refractivity contribution in [2.75, 3.05) is 13.7 Å². The van der Waals surface area contributed by atoms with E-state index >= 15 is 0 Å². The highest BCUT2D eigenvalue weighted by atomic mass is 16.5. The molecule has 2 N–H and O–H groups in total. The molecule has 1 aromatic carbocycles. The van der Waals surface area contributed by atoms with Gasteiger partial charge in [-0.25, -0.2) is 0 Å². The molecule has 0 spiro atoms. The zero-order chi connectivity index (χ0) is 13.1. The second-order valence-electron chi connectivity index (χ2n) is 4.30. The summed E-state index contributed by atoms with van der Waals surface area (Å²) in [4.78, 5) is 4.36. The van der Waals surface area contributed by atoms with E-state index in [1.165, 1.54) is 0 Å². The predicted molar refractivity (Wildman–Crippen MR) is 68.5 cm³/mol. The van der Waals surface area contributed by atoms with Gasteiger partial charge in [0.15, 0.2) is 5.82 Å². The van der Waals surface area contributed by atoms with E-state index in [1.54, 1.807) is 7.11 Å². The molecule has 0 fully saturated rings. The van der Waals surface area contributed by atoms with Crippen LogP contribution in [0.2, 0.25) is 0 Å². The van der Waals surface area contributed by atoms with Gasteiger partial charge in [0.05, 0.1) is 12.7 Å². The van der Waals surface area contributed by atoms with Crippen molar-refractivity contribution in [3.63, 3.8) is 0 Å². The molecule has 0 aliphatic rings. The quantitative estimate of drug-likeness (QED) is 0.895. The number of ether oxygens (including phenoxy) is 1. The minimum atomic E-state index is 0.0818. The topological polar surface area (TPSA) is 74.2 Å². The van der Waals surface area contributed by atoms with E-state index in [9.17, 15) is 0 Å². The number of aryl methyl sites for hydroxylation is 1. The average Bonchev–Trinajstić information content (AvgIpc) is 2.87. The van der Waals surface area contributed by atoms with Gasteiger partial charge in [0, 0.05) is 12.5 Å². The number of aromatic nitrogens is 2. The van der Waals surface area contributed by atoms with Crippen LogP contribution in [-0.4, -0.2) is 23.8 Å². The van der Waals surface area contributed by atoms with E-state index in [1.807, 2.05) is 32.0 Å². The first-order chi connectivity index (χ1) is 8.65. The Bertz CT molecular complexity index is 537. The Balaban J connectivity index is 2.42. The van der Waals surface area contributed by atoms with Crippen molar-refractivity contribution in [2.45, 2.75) is 19.8 Å². The van der Waals surface area contributed by atoms with E-state index in [0.29, 0.717) is 18.3 Å². The summed E-state index contributed by atoms with van der Waals surface area (Å²) in [6.45, 7) is 4.45. The summed E-state index contributed by atoms with van der Waals surface area (Å²) in [5.41, 5.74) is 7.50. The highest BCUT2D eigenvalue weighted by Crippen LogP contribution is 2.30. The van der Waals surface area contributed by atoms with Crippen molar-refractivity contribution in [3.8, 4) is 17.2 Å². The van der Waals surface area contributed by atoms with Crippen molar-refractivity contribution < 1.29 is 9.26 Å². The molecule has 0 aliphatic heterocycles. The van der Waals surface area contributed by atoms with E-state index < -0.39 is 0 Å². The molecule has 1 atom stereocenters. The van der Waals surface area contributed by atoms with Crippen LogP contribution in [0.4, 0.5) is 0 Å². The number of hydrogen-bond donors (Lipinski definition) is 1. The fourth-order valence-corrected chi connectivity index (χ4v) is 1.64. The zero-order valence-corrected chi connectivity index (χ0v) is 10.8. The largest absolute Gasteiger partial charge is 0.496 e. The lowest BCUT2D eigenvalue weighted by molar-refractivity contribution is 0.401. The van der Waals surface area contributed by atoms with E-state index in [-0.39, 0.29) is 5.92 Å². The van der Waals surface area contributed by atoms with E-state index in [2.05, 4.69) is 10.1 Å². The van der Waals surface area contributed by atoms with Crippen molar-refractivity contribution >= 4 is 0 Å². The fourth-order valence-electron chi connectivity index (χ4n) is 1.64. The maximum Gasteiger partial charge on any atom is 0.261 e. The summed E-state index contributed by atoms with van der Waals surface area (Å²) in [5.74, 6) is 1.89. The lowest BCUT2D eigenvalue weighted by Gasteiger charge is -2.05. The summed E-state index contributed by atoms with van der Waals surface area (Å²) in [6, 6.07) is 5.83. The van der Waals surface area contributed by atoms with Gasteiger partial charge in [-0.15, -0.1) is 0 Å². The highest BCUT2D eigenvalue weighted by molar-refractivity contribution is 5.63. The molecule has 5 heteroatoms. The molecule has 0 bridgehead atoms. The van der Waals surface area contributed by atoms with Gasteiger partial charge >= 0.3 is 0 Å². The first-order valence-electron chi connectivity index (χ1n) is 5.84. The fraction of sp³-hybridized carbons (Fsp3) is 0.385. The maximum absolute atomic E-state index is 5.59. The second kappa shape index (κ2) is 5.18. The molecule has 1 unspecified atom stereocenters. The third kappa shape index (κ3) is 2.36. The lowest BCUT2D eigenvalue weighted by Crippen LogP contribution is -2.10. The standard InChI is InChI=1S/C13H17N3O2/c1-8-4-5-11(17-3)10(6-8)13-15-12(16-18-13)9(2)7-14/h4-6,9H,7,14H2,1-3H3. The third-order valence-electron chi connectivity index (χ3n) is 2.82. The van der Waals surface area contributed by atoms with E-state index in [4.69, 9.17) is 15.0 Å². The van der Waals surface area contributed by atoms with Crippen molar-refractivity contribution in [3.05, 3.63) is 29.6 Å². The van der Waals surface area contributed by atoms with Crippen LogP contribution in [0.15, 0.2) is 22.7 Å². The number of nitrogens with two attached hydrogens (primary N) is 1. The Morgan fingerprint density at radius 2 is 2.22 bits per heavy atom. The minimum Gasteiger partial charge on any atom is -0.496 e. The molecule has 0 amide bonds. The Morgan fingerprint density at radius 1 is 1.44 bits per heavy atom. The Kier molecular flexibility index (Phi) is 3.62. The first kappa shape index (κ1) is 12.6. The molecule has 0 aliphatic carbocycles. The van der Waals surface area contributed by atoms with Gasteiger partial charge in [-0.05, 0) is 19.1 Å². The van der Waals surface area contributed by atoms with Crippen LogP contribution in [-0.2, 0) is 0 Å². The smallest absolute Gasteiger partial charge is 0.261 e. The van der Waals surface area contributed by atoms with Crippen molar-refractivity contribution in [2.24, 2.45) is 5.73 Å². The van der Waals surface area contributed by atoms with Gasteiger partial charge in [0.1, 0.15) is 5.75 Å². The highest BCUT2D eigenvalue weighted by Gasteiger charge is 2.16. The van der Waals surface area contributed by atoms with Crippen LogP contribution in [0.1, 0.15) is 24.2 Å². The van der Waals surface area contributed by atoms with Crippen LogP contribution in [0.3, 0.4) is 0 Å². The number of rotatable bonds is 4. The van der Waals surface area contributed by atoms with Gasteiger partial charge < -0.3 is 15.0 Å². The van der Waals surface area contributed by atoms with Gasteiger partial charge in [-0.1, -0.05) is 23.7 Å². The Morgan fingerprint density at radius 3 is 2.89 bits per heavy atom. The van der Waals surface area contributed by atoms with Gasteiger partial charge in [-0.2, -0.15) is 4.98 Å². The van der Waals surface area contributed by atoms with Crippen LogP contribution >= 0.6 is 0 Å². The van der Waals surface area contributed by atoms with Gasteiger partial charge in [0.2, 0.25) is 0 Å². The molecule has 96 valence electrons. The molecular weight excluding hydrogens is 230 g/mol. The maximum atomic E-state index is 5.59. The summed E-state index contributed by atoms with van der Waals surface area (Å²) in [5, 5.41) is 3.95. The van der Waals surface area contributed by atoms with Crippen LogP contribution in [0, 0.1) is 6.92 Å². The summed E-state index contributed by atoms with van der Waals surface area (Å²) in [6.07, 6.45) is 0. The average molecular weight is 247 g/mol. The number of methoxy groups -OCH3 is 1. The molecule has 1 aromatic heterocycles. The summed E-state index contributed by atoms with van der Waals surface area (Å²) >= 11 is 0. The number of benzene rings is 1. The lowest BCUT2D eigenvalue weighted by atomic mass is 10.1. The Labute approximate surface area is 106 Å². The van der Waals surface area contributed by atoms with Gasteiger partial charge in [-0.3, -0.25) is 0 Å². The van der Waals surface area contributed by atoms with Crippen LogP contribution < -0.4 is 10.5 Å². The van der Waals surface area contributed by atoms with Crippen LogP contribution in [0.25, 0.3) is 11.5 Å².